The van der Waals surface area contributed by atoms with Crippen LogP contribution >= 0.6 is 0 Å². The van der Waals surface area contributed by atoms with Gasteiger partial charge in [-0.2, -0.15) is 0 Å². The van der Waals surface area contributed by atoms with Gasteiger partial charge in [-0.25, -0.2) is 0 Å². The summed E-state index contributed by atoms with van der Waals surface area (Å²) in [6.07, 6.45) is 34.0. The second-order valence-corrected chi connectivity index (χ2v) is 26.4. The van der Waals surface area contributed by atoms with Gasteiger partial charge in [-0.15, -0.1) is 0 Å². The fraction of sp³-hybridized carbons (Fsp3) is 0.930. The van der Waals surface area contributed by atoms with Gasteiger partial charge in [0, 0.05) is 6.42 Å². The molecule has 0 saturated carbocycles. The zero-order valence-electron chi connectivity index (χ0n) is 56.1. The molecule has 0 aromatic heterocycles. The third-order valence-corrected chi connectivity index (χ3v) is 18.5. The summed E-state index contributed by atoms with van der Waals surface area (Å²) in [4.78, 5) is 13.4. The predicted octanol–water partition coefficient (Wildman–Crippen LogP) is 10.2. The lowest BCUT2D eigenvalue weighted by Crippen LogP contribution is -2.66. The van der Waals surface area contributed by atoms with Crippen LogP contribution in [0.3, 0.4) is 0 Å². The molecular formula is C71H133NO18. The fourth-order valence-corrected chi connectivity index (χ4v) is 12.6. The number of rotatable bonds is 57. The highest BCUT2D eigenvalue weighted by molar-refractivity contribution is 5.76. The highest BCUT2D eigenvalue weighted by Crippen LogP contribution is 2.33. The van der Waals surface area contributed by atoms with Gasteiger partial charge in [-0.05, 0) is 44.9 Å². The number of carbonyl (C=O) groups is 1. The molecule has 17 unspecified atom stereocenters. The van der Waals surface area contributed by atoms with E-state index in [2.05, 4.69) is 43.5 Å². The number of ether oxygens (including phenoxy) is 6. The van der Waals surface area contributed by atoms with E-state index in [9.17, 15) is 61.0 Å². The predicted molar refractivity (Wildman–Crippen MR) is 351 cm³/mol. The van der Waals surface area contributed by atoms with Crippen LogP contribution in [-0.2, 0) is 33.2 Å². The first-order chi connectivity index (χ1) is 43.8. The van der Waals surface area contributed by atoms with Crippen molar-refractivity contribution in [2.75, 3.05) is 26.4 Å². The quantitative estimate of drug-likeness (QED) is 0.0199. The molecule has 0 radical (unpaired) electrons. The molecule has 3 aliphatic heterocycles. The van der Waals surface area contributed by atoms with Crippen LogP contribution in [0.5, 0.6) is 0 Å². The summed E-state index contributed by atoms with van der Waals surface area (Å²) in [6.45, 7) is 1.82. The van der Waals surface area contributed by atoms with Gasteiger partial charge < -0.3 is 89.9 Å². The number of amides is 1. The minimum atomic E-state index is -1.97. The monoisotopic (exact) mass is 1290 g/mol. The Balaban J connectivity index is 1.38. The van der Waals surface area contributed by atoms with Crippen molar-refractivity contribution in [1.29, 1.82) is 0 Å². The van der Waals surface area contributed by atoms with Crippen molar-refractivity contribution < 1.29 is 89.4 Å². The zero-order valence-corrected chi connectivity index (χ0v) is 56.1. The van der Waals surface area contributed by atoms with Crippen LogP contribution in [0.2, 0.25) is 0 Å². The Hall–Kier alpha value is -1.73. The topological polar surface area (TPSA) is 307 Å². The van der Waals surface area contributed by atoms with Crippen LogP contribution in [0.15, 0.2) is 24.3 Å². The molecule has 3 fully saturated rings. The first kappa shape index (κ1) is 82.5. The van der Waals surface area contributed by atoms with E-state index in [1.54, 1.807) is 0 Å². The van der Waals surface area contributed by atoms with Gasteiger partial charge in [0.05, 0.1) is 38.6 Å². The summed E-state index contributed by atoms with van der Waals surface area (Å²) >= 11 is 0. The highest BCUT2D eigenvalue weighted by atomic mass is 16.8. The molecule has 1 amide bonds. The minimum Gasteiger partial charge on any atom is -0.394 e. The molecule has 0 aromatic rings. The molecule has 19 heteroatoms. The molecule has 3 saturated heterocycles. The molecule has 3 aliphatic rings. The third kappa shape index (κ3) is 34.8. The standard InChI is InChI=1S/C71H133NO18/c1-3-5-7-9-11-13-15-17-19-21-22-23-24-25-26-27-28-29-30-31-32-33-35-37-39-41-43-45-47-49-59(77)72-54(55(76)48-46-44-42-40-38-36-34-20-18-16-14-12-10-8-6-4-2)53-85-69-65(83)62(80)67(57(51-74)87-69)90-71-66(84)63(81)68(58(52-75)88-71)89-70-64(82)61(79)60(78)56(50-73)86-70/h15,17,21-22,54-58,60-71,73-76,78-84H,3-14,16,18-20,23-53H2,1-2H3,(H,72,77)/b17-15-,22-21-. The van der Waals surface area contributed by atoms with E-state index in [1.165, 1.54) is 205 Å². The van der Waals surface area contributed by atoms with E-state index < -0.39 is 124 Å². The molecule has 17 atom stereocenters. The van der Waals surface area contributed by atoms with Crippen molar-refractivity contribution in [3.05, 3.63) is 24.3 Å². The van der Waals surface area contributed by atoms with Crippen molar-refractivity contribution in [2.45, 2.75) is 394 Å². The molecule has 90 heavy (non-hydrogen) atoms. The average Bonchev–Trinajstić information content (AvgIpc) is 1.05. The molecule has 19 nitrogen and oxygen atoms in total. The van der Waals surface area contributed by atoms with Gasteiger partial charge in [0.15, 0.2) is 18.9 Å². The van der Waals surface area contributed by atoms with Crippen molar-refractivity contribution in [2.24, 2.45) is 0 Å². The van der Waals surface area contributed by atoms with Crippen molar-refractivity contribution in [1.82, 2.24) is 5.32 Å². The SMILES string of the molecule is CCCCCCC/C=C\C/C=C\CCCCCCCCCCCCCCCCCCCC(=O)NC(COC1OC(CO)C(OC2OC(CO)C(OC3OC(CO)C(O)C(O)C3O)C(O)C2O)C(O)C1O)C(O)CCCCCCCCCCCCCCCCCC. The average molecular weight is 1290 g/mol. The van der Waals surface area contributed by atoms with Crippen molar-refractivity contribution in [3.8, 4) is 0 Å². The molecule has 0 bridgehead atoms. The van der Waals surface area contributed by atoms with Crippen LogP contribution in [0.25, 0.3) is 0 Å². The number of hydrogen-bond donors (Lipinski definition) is 12. The van der Waals surface area contributed by atoms with Crippen LogP contribution in [0.4, 0.5) is 0 Å². The Morgan fingerprint density at radius 1 is 0.400 bits per heavy atom. The van der Waals surface area contributed by atoms with E-state index >= 15 is 0 Å². The number of allylic oxidation sites excluding steroid dienone is 4. The van der Waals surface area contributed by atoms with Crippen molar-refractivity contribution in [3.63, 3.8) is 0 Å². The van der Waals surface area contributed by atoms with E-state index in [0.717, 1.165) is 51.4 Å². The highest BCUT2D eigenvalue weighted by Gasteiger charge is 2.53. The lowest BCUT2D eigenvalue weighted by Gasteiger charge is -2.48. The largest absolute Gasteiger partial charge is 0.394 e. The lowest BCUT2D eigenvalue weighted by atomic mass is 9.96. The molecule has 12 N–H and O–H groups in total. The van der Waals surface area contributed by atoms with Crippen LogP contribution in [0, 0.1) is 0 Å². The summed E-state index contributed by atoms with van der Waals surface area (Å²) in [7, 11) is 0. The third-order valence-electron chi connectivity index (χ3n) is 18.5. The van der Waals surface area contributed by atoms with Crippen molar-refractivity contribution >= 4 is 5.91 Å². The summed E-state index contributed by atoms with van der Waals surface area (Å²) in [6, 6.07) is -0.885. The van der Waals surface area contributed by atoms with Crippen LogP contribution in [0.1, 0.15) is 290 Å². The fourth-order valence-electron chi connectivity index (χ4n) is 12.6. The Morgan fingerprint density at radius 2 is 0.733 bits per heavy atom. The van der Waals surface area contributed by atoms with Gasteiger partial charge in [0.2, 0.25) is 5.91 Å². The second kappa shape index (κ2) is 53.4. The van der Waals surface area contributed by atoms with Gasteiger partial charge in [0.25, 0.3) is 0 Å². The van der Waals surface area contributed by atoms with Crippen LogP contribution in [-0.4, -0.2) is 193 Å². The molecule has 0 aromatic carbocycles. The number of hydrogen-bond acceptors (Lipinski definition) is 18. The van der Waals surface area contributed by atoms with Gasteiger partial charge in [-0.1, -0.05) is 263 Å². The van der Waals surface area contributed by atoms with E-state index in [0.29, 0.717) is 12.8 Å². The maximum Gasteiger partial charge on any atom is 0.220 e. The normalized spacial score (nSPS) is 28.1. The van der Waals surface area contributed by atoms with Crippen LogP contribution < -0.4 is 5.32 Å². The summed E-state index contributed by atoms with van der Waals surface area (Å²) in [5.74, 6) is -0.238. The Bertz CT molecular complexity index is 1730. The molecular weight excluding hydrogens is 1150 g/mol. The van der Waals surface area contributed by atoms with E-state index in [-0.39, 0.29) is 18.9 Å². The molecule has 0 spiro atoms. The number of carbonyl (C=O) groups excluding carboxylic acids is 1. The minimum absolute atomic E-state index is 0.238. The molecule has 3 heterocycles. The second-order valence-electron chi connectivity index (χ2n) is 26.4. The molecule has 3 rings (SSSR count). The smallest absolute Gasteiger partial charge is 0.220 e. The first-order valence-corrected chi connectivity index (χ1v) is 36.6. The number of unbranched alkanes of at least 4 members (excludes halogenated alkanes) is 37. The number of nitrogens with one attached hydrogen (secondary N) is 1. The van der Waals surface area contributed by atoms with Gasteiger partial charge in [0.1, 0.15) is 73.2 Å². The summed E-state index contributed by atoms with van der Waals surface area (Å²) in [5.41, 5.74) is 0. The maximum atomic E-state index is 13.4. The lowest BCUT2D eigenvalue weighted by molar-refractivity contribution is -0.379. The Labute approximate surface area is 543 Å². The van der Waals surface area contributed by atoms with Gasteiger partial charge >= 0.3 is 0 Å². The van der Waals surface area contributed by atoms with Gasteiger partial charge in [-0.3, -0.25) is 4.79 Å². The number of aliphatic hydroxyl groups is 11. The molecule has 0 aliphatic carbocycles. The maximum absolute atomic E-state index is 13.4. The first-order valence-electron chi connectivity index (χ1n) is 36.6. The summed E-state index contributed by atoms with van der Waals surface area (Å²) in [5, 5.41) is 121. The number of aliphatic hydroxyl groups excluding tert-OH is 11. The Kier molecular flexibility index (Phi) is 49.0. The molecule has 530 valence electrons. The summed E-state index contributed by atoms with van der Waals surface area (Å²) < 4.78 is 34.4. The van der Waals surface area contributed by atoms with E-state index in [4.69, 9.17) is 28.4 Å². The Morgan fingerprint density at radius 3 is 1.13 bits per heavy atom. The van der Waals surface area contributed by atoms with E-state index in [1.807, 2.05) is 0 Å². The zero-order chi connectivity index (χ0) is 65.4.